The summed E-state index contributed by atoms with van der Waals surface area (Å²) in [5.74, 6) is -1.28. The van der Waals surface area contributed by atoms with E-state index in [9.17, 15) is 18.8 Å². The molecule has 0 aliphatic rings. The number of halogens is 1. The summed E-state index contributed by atoms with van der Waals surface area (Å²) < 4.78 is 25.5. The monoisotopic (exact) mass is 541 g/mol. The Balaban J connectivity index is 2.12. The summed E-state index contributed by atoms with van der Waals surface area (Å²) in [6.45, 7) is 6.63. The smallest absolute Gasteiger partial charge is 0.261 e. The van der Waals surface area contributed by atoms with Crippen LogP contribution >= 0.6 is 11.3 Å². The molecule has 0 saturated heterocycles. The normalized spacial score (nSPS) is 11.9. The Morgan fingerprint density at radius 3 is 2.32 bits per heavy atom. The van der Waals surface area contributed by atoms with E-state index in [1.807, 2.05) is 20.8 Å². The van der Waals surface area contributed by atoms with E-state index in [1.54, 1.807) is 48.7 Å². The number of amides is 3. The zero-order chi connectivity index (χ0) is 28.0. The molecular weight excluding hydrogens is 509 g/mol. The maximum atomic E-state index is 14.7. The number of aryl methyl sites for hydroxylation is 1. The van der Waals surface area contributed by atoms with Crippen LogP contribution in [0, 0.1) is 12.7 Å². The molecule has 3 amide bonds. The van der Waals surface area contributed by atoms with Crippen LogP contribution in [-0.2, 0) is 9.59 Å². The second-order valence-corrected chi connectivity index (χ2v) is 10.6. The standard InChI is InChI=1S/C28H32FN3O5S/c1-17-9-11-19(15-20(17)29)32(24(33)16-30-26(34)23-8-7-13-38-23)25(27(35)31-28(2,3)4)18-10-12-21(36-5)22(14-18)37-6/h7-15,25H,16H2,1-6H3,(H,30,34)(H,31,35)/t25-/m0/s1. The molecule has 0 aliphatic carbocycles. The number of nitrogens with zero attached hydrogens (tertiary/aromatic N) is 1. The highest BCUT2D eigenvalue weighted by molar-refractivity contribution is 7.12. The van der Waals surface area contributed by atoms with Crippen LogP contribution in [0.25, 0.3) is 0 Å². The Morgan fingerprint density at radius 1 is 1.03 bits per heavy atom. The molecular formula is C28H32FN3O5S. The molecule has 1 atom stereocenters. The van der Waals surface area contributed by atoms with Gasteiger partial charge in [-0.05, 0) is 74.5 Å². The molecule has 1 aromatic heterocycles. The summed E-state index contributed by atoms with van der Waals surface area (Å²) in [5.41, 5.74) is 0.316. The maximum Gasteiger partial charge on any atom is 0.261 e. The van der Waals surface area contributed by atoms with Gasteiger partial charge in [-0.15, -0.1) is 11.3 Å². The highest BCUT2D eigenvalue weighted by atomic mass is 32.1. The summed E-state index contributed by atoms with van der Waals surface area (Å²) in [7, 11) is 2.95. The number of hydrogen-bond acceptors (Lipinski definition) is 6. The fourth-order valence-corrected chi connectivity index (χ4v) is 4.42. The Hall–Kier alpha value is -3.92. The van der Waals surface area contributed by atoms with E-state index in [4.69, 9.17) is 9.47 Å². The molecule has 2 aromatic carbocycles. The van der Waals surface area contributed by atoms with Crippen molar-refractivity contribution in [2.75, 3.05) is 25.7 Å². The van der Waals surface area contributed by atoms with Crippen LogP contribution < -0.4 is 25.0 Å². The molecule has 1 heterocycles. The van der Waals surface area contributed by atoms with Crippen molar-refractivity contribution < 1.29 is 28.2 Å². The number of anilines is 1. The van der Waals surface area contributed by atoms with E-state index < -0.39 is 41.7 Å². The lowest BCUT2D eigenvalue weighted by Gasteiger charge is -2.34. The number of benzene rings is 2. The van der Waals surface area contributed by atoms with Gasteiger partial charge >= 0.3 is 0 Å². The first-order valence-corrected chi connectivity index (χ1v) is 12.8. The average Bonchev–Trinajstić information content (AvgIpc) is 3.41. The lowest BCUT2D eigenvalue weighted by atomic mass is 10.00. The molecule has 10 heteroatoms. The average molecular weight is 542 g/mol. The van der Waals surface area contributed by atoms with Gasteiger partial charge in [0, 0.05) is 11.2 Å². The van der Waals surface area contributed by atoms with E-state index in [0.717, 1.165) is 0 Å². The van der Waals surface area contributed by atoms with Gasteiger partial charge in [-0.25, -0.2) is 4.39 Å². The highest BCUT2D eigenvalue weighted by Gasteiger charge is 2.35. The largest absolute Gasteiger partial charge is 0.493 e. The number of ether oxygens (including phenoxy) is 2. The van der Waals surface area contributed by atoms with Gasteiger partial charge in [-0.1, -0.05) is 18.2 Å². The minimum absolute atomic E-state index is 0.160. The van der Waals surface area contributed by atoms with Crippen molar-refractivity contribution in [2.45, 2.75) is 39.3 Å². The van der Waals surface area contributed by atoms with Gasteiger partial charge in [-0.2, -0.15) is 0 Å². The van der Waals surface area contributed by atoms with E-state index in [2.05, 4.69) is 10.6 Å². The topological polar surface area (TPSA) is 97.0 Å². The number of methoxy groups -OCH3 is 2. The SMILES string of the molecule is COc1ccc([C@@H](C(=O)NC(C)(C)C)N(C(=O)CNC(=O)c2cccs2)c2ccc(C)c(F)c2)cc1OC. The van der Waals surface area contributed by atoms with E-state index in [-0.39, 0.29) is 5.69 Å². The van der Waals surface area contributed by atoms with Crippen molar-refractivity contribution in [1.82, 2.24) is 10.6 Å². The predicted molar refractivity (Wildman–Crippen MR) is 145 cm³/mol. The molecule has 0 saturated carbocycles. The number of thiophene rings is 1. The van der Waals surface area contributed by atoms with Crippen molar-refractivity contribution in [2.24, 2.45) is 0 Å². The van der Waals surface area contributed by atoms with Gasteiger partial charge in [0.15, 0.2) is 11.5 Å². The number of nitrogens with one attached hydrogen (secondary N) is 2. The van der Waals surface area contributed by atoms with Gasteiger partial charge in [0.2, 0.25) is 11.8 Å². The molecule has 8 nitrogen and oxygen atoms in total. The van der Waals surface area contributed by atoms with Crippen LogP contribution in [0.1, 0.15) is 47.6 Å². The minimum Gasteiger partial charge on any atom is -0.493 e. The molecule has 38 heavy (non-hydrogen) atoms. The Morgan fingerprint density at radius 2 is 1.74 bits per heavy atom. The summed E-state index contributed by atoms with van der Waals surface area (Å²) in [6, 6.07) is 11.3. The molecule has 2 N–H and O–H groups in total. The molecule has 3 rings (SSSR count). The predicted octanol–water partition coefficient (Wildman–Crippen LogP) is 4.63. The van der Waals surface area contributed by atoms with Crippen LogP contribution in [0.15, 0.2) is 53.9 Å². The molecule has 0 aliphatic heterocycles. The van der Waals surface area contributed by atoms with Crippen LogP contribution in [0.2, 0.25) is 0 Å². The first kappa shape index (κ1) is 28.6. The van der Waals surface area contributed by atoms with Crippen molar-refractivity contribution in [3.05, 3.63) is 75.7 Å². The number of carbonyl (C=O) groups excluding carboxylic acids is 3. The third-order valence-electron chi connectivity index (χ3n) is 5.58. The lowest BCUT2D eigenvalue weighted by Crippen LogP contribution is -2.51. The third kappa shape index (κ3) is 6.89. The van der Waals surface area contributed by atoms with E-state index in [0.29, 0.717) is 27.5 Å². The number of rotatable bonds is 9. The quantitative estimate of drug-likeness (QED) is 0.412. The van der Waals surface area contributed by atoms with Crippen LogP contribution in [0.3, 0.4) is 0 Å². The summed E-state index contributed by atoms with van der Waals surface area (Å²) in [4.78, 5) is 41.7. The van der Waals surface area contributed by atoms with E-state index >= 15 is 0 Å². The summed E-state index contributed by atoms with van der Waals surface area (Å²) in [6.07, 6.45) is 0. The first-order chi connectivity index (χ1) is 17.9. The van der Waals surface area contributed by atoms with Crippen molar-refractivity contribution in [3.63, 3.8) is 0 Å². The van der Waals surface area contributed by atoms with Gasteiger partial charge in [0.05, 0.1) is 25.6 Å². The Kier molecular flexibility index (Phi) is 9.11. The molecule has 0 bridgehead atoms. The first-order valence-electron chi connectivity index (χ1n) is 11.9. The van der Waals surface area contributed by atoms with Gasteiger partial charge in [0.25, 0.3) is 5.91 Å². The molecule has 0 radical (unpaired) electrons. The van der Waals surface area contributed by atoms with Gasteiger partial charge in [-0.3, -0.25) is 19.3 Å². The summed E-state index contributed by atoms with van der Waals surface area (Å²) in [5, 5.41) is 7.28. The zero-order valence-corrected chi connectivity index (χ0v) is 23.1. The molecule has 202 valence electrons. The second kappa shape index (κ2) is 12.1. The van der Waals surface area contributed by atoms with Crippen molar-refractivity contribution in [1.29, 1.82) is 0 Å². The maximum absolute atomic E-state index is 14.7. The fourth-order valence-electron chi connectivity index (χ4n) is 3.78. The van der Waals surface area contributed by atoms with E-state index in [1.165, 1.54) is 42.6 Å². The van der Waals surface area contributed by atoms with Crippen molar-refractivity contribution >= 4 is 34.7 Å². The van der Waals surface area contributed by atoms with Crippen LogP contribution in [0.4, 0.5) is 10.1 Å². The van der Waals surface area contributed by atoms with Gasteiger partial charge < -0.3 is 20.1 Å². The summed E-state index contributed by atoms with van der Waals surface area (Å²) >= 11 is 1.24. The zero-order valence-electron chi connectivity index (χ0n) is 22.3. The number of carbonyl (C=O) groups is 3. The fraction of sp³-hybridized carbons (Fsp3) is 0.321. The van der Waals surface area contributed by atoms with Crippen LogP contribution in [0.5, 0.6) is 11.5 Å². The lowest BCUT2D eigenvalue weighted by molar-refractivity contribution is -0.127. The second-order valence-electron chi connectivity index (χ2n) is 9.61. The molecule has 3 aromatic rings. The minimum atomic E-state index is -1.22. The highest BCUT2D eigenvalue weighted by Crippen LogP contribution is 2.35. The Labute approximate surface area is 225 Å². The van der Waals surface area contributed by atoms with Gasteiger partial charge in [0.1, 0.15) is 11.9 Å². The molecule has 0 spiro atoms. The molecule has 0 unspecified atom stereocenters. The van der Waals surface area contributed by atoms with Crippen molar-refractivity contribution in [3.8, 4) is 11.5 Å². The number of hydrogen-bond donors (Lipinski definition) is 2. The molecule has 0 fully saturated rings. The Bertz CT molecular complexity index is 1300. The van der Waals surface area contributed by atoms with Crippen LogP contribution in [-0.4, -0.2) is 44.0 Å². The third-order valence-corrected chi connectivity index (χ3v) is 6.44.